The predicted molar refractivity (Wildman–Crippen MR) is 113 cm³/mol. The van der Waals surface area contributed by atoms with Crippen molar-refractivity contribution in [2.45, 2.75) is 37.8 Å². The Morgan fingerprint density at radius 2 is 1.78 bits per heavy atom. The van der Waals surface area contributed by atoms with Gasteiger partial charge in [0, 0.05) is 11.6 Å². The molecule has 3 aromatic rings. The van der Waals surface area contributed by atoms with Crippen molar-refractivity contribution in [3.05, 3.63) is 90.5 Å². The fourth-order valence-corrected chi connectivity index (χ4v) is 4.54. The third-order valence-electron chi connectivity index (χ3n) is 5.78. The molecule has 0 radical (unpaired) electrons. The van der Waals surface area contributed by atoms with Crippen molar-refractivity contribution in [2.24, 2.45) is 0 Å². The summed E-state index contributed by atoms with van der Waals surface area (Å²) in [7, 11) is 0. The highest BCUT2D eigenvalue weighted by atomic mass is 16.3. The Hall–Kier alpha value is -2.58. The Bertz CT molecular complexity index is 918. The molecule has 0 aliphatic carbocycles. The van der Waals surface area contributed by atoms with Crippen LogP contribution in [0.5, 0.6) is 5.75 Å². The van der Waals surface area contributed by atoms with Crippen LogP contribution in [0, 0.1) is 0 Å². The molecule has 138 valence electrons. The Balaban J connectivity index is 1.92. The van der Waals surface area contributed by atoms with E-state index in [-0.39, 0.29) is 6.04 Å². The van der Waals surface area contributed by atoms with E-state index < -0.39 is 0 Å². The molecular weight excluding hydrogens is 330 g/mol. The van der Waals surface area contributed by atoms with Crippen LogP contribution < -0.4 is 0 Å². The van der Waals surface area contributed by atoms with Gasteiger partial charge in [-0.1, -0.05) is 73.2 Å². The van der Waals surface area contributed by atoms with Crippen molar-refractivity contribution in [1.29, 1.82) is 0 Å². The Morgan fingerprint density at radius 1 is 1.00 bits per heavy atom. The predicted octanol–water partition coefficient (Wildman–Crippen LogP) is 6.07. The average Bonchev–Trinajstić information content (AvgIpc) is 2.72. The summed E-state index contributed by atoms with van der Waals surface area (Å²) in [5.41, 5.74) is 2.26. The standard InChI is InChI=1S/C25H27NO/c1-2-10-21-14-8-9-18-26(21)25(20-12-4-3-5-13-20)24-22-15-7-6-11-19(22)16-17-23(24)27/h2-7,11-13,15-17,21,25,27H,1,8-10,14,18H2/t21-,25-/m1/s1. The molecule has 0 spiro atoms. The van der Waals surface area contributed by atoms with Crippen LogP contribution in [-0.2, 0) is 0 Å². The van der Waals surface area contributed by atoms with Gasteiger partial charge < -0.3 is 5.11 Å². The van der Waals surface area contributed by atoms with E-state index in [0.717, 1.165) is 23.9 Å². The number of hydrogen-bond donors (Lipinski definition) is 1. The number of nitrogens with zero attached hydrogens (tertiary/aromatic N) is 1. The number of rotatable bonds is 5. The molecule has 3 aromatic carbocycles. The summed E-state index contributed by atoms with van der Waals surface area (Å²) in [6.45, 7) is 5.03. The molecule has 0 bridgehead atoms. The summed E-state index contributed by atoms with van der Waals surface area (Å²) in [6, 6.07) is 23.3. The van der Waals surface area contributed by atoms with Crippen molar-refractivity contribution in [3.8, 4) is 5.75 Å². The third kappa shape index (κ3) is 3.50. The van der Waals surface area contributed by atoms with Crippen molar-refractivity contribution in [1.82, 2.24) is 4.90 Å². The van der Waals surface area contributed by atoms with Crippen LogP contribution >= 0.6 is 0 Å². The van der Waals surface area contributed by atoms with Gasteiger partial charge in [0.2, 0.25) is 0 Å². The van der Waals surface area contributed by atoms with Crippen molar-refractivity contribution < 1.29 is 5.11 Å². The molecule has 1 heterocycles. The van der Waals surface area contributed by atoms with Gasteiger partial charge in [0.25, 0.3) is 0 Å². The number of likely N-dealkylation sites (tertiary alicyclic amines) is 1. The van der Waals surface area contributed by atoms with E-state index in [0.29, 0.717) is 11.8 Å². The Kier molecular flexibility index (Phi) is 5.26. The first-order chi connectivity index (χ1) is 13.3. The average molecular weight is 357 g/mol. The van der Waals surface area contributed by atoms with Gasteiger partial charge in [-0.15, -0.1) is 6.58 Å². The molecule has 1 N–H and O–H groups in total. The van der Waals surface area contributed by atoms with Crippen molar-refractivity contribution >= 4 is 10.8 Å². The minimum Gasteiger partial charge on any atom is -0.508 e. The zero-order valence-corrected chi connectivity index (χ0v) is 15.7. The molecule has 0 unspecified atom stereocenters. The highest BCUT2D eigenvalue weighted by molar-refractivity contribution is 5.88. The minimum absolute atomic E-state index is 0.0440. The van der Waals surface area contributed by atoms with E-state index in [2.05, 4.69) is 66.1 Å². The fourth-order valence-electron chi connectivity index (χ4n) is 4.54. The molecule has 2 heteroatoms. The van der Waals surface area contributed by atoms with Crippen LogP contribution in [0.1, 0.15) is 42.9 Å². The lowest BCUT2D eigenvalue weighted by Gasteiger charge is -2.42. The molecule has 1 aliphatic rings. The molecule has 0 saturated carbocycles. The van der Waals surface area contributed by atoms with E-state index in [1.807, 2.05) is 18.2 Å². The van der Waals surface area contributed by atoms with Gasteiger partial charge in [-0.25, -0.2) is 0 Å². The molecule has 0 amide bonds. The van der Waals surface area contributed by atoms with Crippen LogP contribution in [0.4, 0.5) is 0 Å². The Labute approximate surface area is 161 Å². The maximum Gasteiger partial charge on any atom is 0.121 e. The van der Waals surface area contributed by atoms with Gasteiger partial charge in [-0.2, -0.15) is 0 Å². The third-order valence-corrected chi connectivity index (χ3v) is 5.78. The van der Waals surface area contributed by atoms with Crippen molar-refractivity contribution in [2.75, 3.05) is 6.54 Å². The van der Waals surface area contributed by atoms with E-state index in [4.69, 9.17) is 0 Å². The van der Waals surface area contributed by atoms with E-state index >= 15 is 0 Å². The zero-order valence-electron chi connectivity index (χ0n) is 15.7. The smallest absolute Gasteiger partial charge is 0.121 e. The SMILES string of the molecule is C=CC[C@@H]1CCCCN1[C@H](c1ccccc1)c1c(O)ccc2ccccc12. The van der Waals surface area contributed by atoms with Crippen LogP contribution in [0.2, 0.25) is 0 Å². The Morgan fingerprint density at radius 3 is 2.59 bits per heavy atom. The number of phenols is 1. The lowest BCUT2D eigenvalue weighted by molar-refractivity contribution is 0.114. The van der Waals surface area contributed by atoms with Crippen molar-refractivity contribution in [3.63, 3.8) is 0 Å². The fraction of sp³-hybridized carbons (Fsp3) is 0.280. The van der Waals surface area contributed by atoms with E-state index in [1.165, 1.54) is 30.2 Å². The molecule has 1 saturated heterocycles. The highest BCUT2D eigenvalue weighted by Gasteiger charge is 2.32. The lowest BCUT2D eigenvalue weighted by atomic mass is 9.87. The highest BCUT2D eigenvalue weighted by Crippen LogP contribution is 2.42. The monoisotopic (exact) mass is 357 g/mol. The molecule has 2 atom stereocenters. The molecule has 4 rings (SSSR count). The van der Waals surface area contributed by atoms with Crippen LogP contribution in [0.3, 0.4) is 0 Å². The van der Waals surface area contributed by atoms with Crippen LogP contribution in [0.15, 0.2) is 79.4 Å². The quantitative estimate of drug-likeness (QED) is 0.561. The molecule has 0 aromatic heterocycles. The first kappa shape index (κ1) is 17.8. The summed E-state index contributed by atoms with van der Waals surface area (Å²) < 4.78 is 0. The second kappa shape index (κ2) is 7.98. The van der Waals surface area contributed by atoms with Gasteiger partial charge in [0.1, 0.15) is 5.75 Å². The van der Waals surface area contributed by atoms with Gasteiger partial charge in [0.15, 0.2) is 0 Å². The topological polar surface area (TPSA) is 23.5 Å². The number of fused-ring (bicyclic) bond motifs is 1. The van der Waals surface area contributed by atoms with Gasteiger partial charge in [-0.05, 0) is 48.2 Å². The molecular formula is C25H27NO. The maximum atomic E-state index is 10.9. The largest absolute Gasteiger partial charge is 0.508 e. The molecule has 2 nitrogen and oxygen atoms in total. The number of piperidine rings is 1. The number of phenolic OH excluding ortho intramolecular Hbond substituents is 1. The summed E-state index contributed by atoms with van der Waals surface area (Å²) in [4.78, 5) is 2.59. The van der Waals surface area contributed by atoms with E-state index in [9.17, 15) is 5.11 Å². The summed E-state index contributed by atoms with van der Waals surface area (Å²) in [5.74, 6) is 0.380. The second-order valence-electron chi connectivity index (χ2n) is 7.44. The number of hydrogen-bond acceptors (Lipinski definition) is 2. The molecule has 1 aliphatic heterocycles. The maximum absolute atomic E-state index is 10.9. The van der Waals surface area contributed by atoms with Gasteiger partial charge in [0.05, 0.1) is 6.04 Å². The molecule has 1 fully saturated rings. The summed E-state index contributed by atoms with van der Waals surface area (Å²) >= 11 is 0. The van der Waals surface area contributed by atoms with Gasteiger partial charge >= 0.3 is 0 Å². The zero-order chi connectivity index (χ0) is 18.6. The summed E-state index contributed by atoms with van der Waals surface area (Å²) in [5, 5.41) is 13.2. The first-order valence-electron chi connectivity index (χ1n) is 9.92. The molecule has 27 heavy (non-hydrogen) atoms. The first-order valence-corrected chi connectivity index (χ1v) is 9.92. The van der Waals surface area contributed by atoms with E-state index in [1.54, 1.807) is 0 Å². The van der Waals surface area contributed by atoms with Crippen LogP contribution in [0.25, 0.3) is 10.8 Å². The normalized spacial score (nSPS) is 19.0. The minimum atomic E-state index is 0.0440. The lowest BCUT2D eigenvalue weighted by Crippen LogP contribution is -2.42. The second-order valence-corrected chi connectivity index (χ2v) is 7.44. The number of aromatic hydroxyl groups is 1. The number of benzene rings is 3. The summed E-state index contributed by atoms with van der Waals surface area (Å²) in [6.07, 6.45) is 6.66. The van der Waals surface area contributed by atoms with Crippen LogP contribution in [-0.4, -0.2) is 22.6 Å². The van der Waals surface area contributed by atoms with Gasteiger partial charge in [-0.3, -0.25) is 4.90 Å².